The number of hydrogen-bond acceptors (Lipinski definition) is 1. The van der Waals surface area contributed by atoms with Gasteiger partial charge in [-0.2, -0.15) is 0 Å². The molecule has 0 fully saturated rings. The van der Waals surface area contributed by atoms with Crippen LogP contribution in [0.4, 0.5) is 0 Å². The summed E-state index contributed by atoms with van der Waals surface area (Å²) in [5, 5.41) is 0. The number of ether oxygens (including phenoxy) is 1. The molecular formula is C14H22O. The summed E-state index contributed by atoms with van der Waals surface area (Å²) >= 11 is 0. The van der Waals surface area contributed by atoms with E-state index in [0.717, 1.165) is 5.75 Å². The molecule has 0 aliphatic carbocycles. The molecule has 0 spiro atoms. The minimum absolute atomic E-state index is 0.662. The Hall–Kier alpha value is -0.980. The van der Waals surface area contributed by atoms with Crippen molar-refractivity contribution < 1.29 is 4.74 Å². The quantitative estimate of drug-likeness (QED) is 0.698. The van der Waals surface area contributed by atoms with Gasteiger partial charge in [0.05, 0.1) is 7.11 Å². The van der Waals surface area contributed by atoms with Crippen molar-refractivity contribution in [3.8, 4) is 5.75 Å². The lowest BCUT2D eigenvalue weighted by Gasteiger charge is -2.13. The zero-order chi connectivity index (χ0) is 11.3. The van der Waals surface area contributed by atoms with Crippen LogP contribution in [0.2, 0.25) is 0 Å². The lowest BCUT2D eigenvalue weighted by atomic mass is 9.94. The maximum Gasteiger partial charge on any atom is 0.121 e. The Morgan fingerprint density at radius 3 is 2.60 bits per heavy atom. The lowest BCUT2D eigenvalue weighted by molar-refractivity contribution is 0.411. The Kier molecular flexibility index (Phi) is 4.67. The highest BCUT2D eigenvalue weighted by molar-refractivity contribution is 5.37. The molecule has 1 atom stereocenters. The molecule has 1 unspecified atom stereocenters. The summed E-state index contributed by atoms with van der Waals surface area (Å²) in [6.07, 6.45) is 3.87. The van der Waals surface area contributed by atoms with E-state index in [0.29, 0.717) is 5.92 Å². The summed E-state index contributed by atoms with van der Waals surface area (Å²) < 4.78 is 5.26. The van der Waals surface area contributed by atoms with Crippen molar-refractivity contribution in [1.82, 2.24) is 0 Å². The van der Waals surface area contributed by atoms with E-state index >= 15 is 0 Å². The third-order valence-electron chi connectivity index (χ3n) is 2.98. The van der Waals surface area contributed by atoms with Gasteiger partial charge in [-0.25, -0.2) is 0 Å². The number of rotatable bonds is 5. The van der Waals surface area contributed by atoms with E-state index in [9.17, 15) is 0 Å². The molecule has 15 heavy (non-hydrogen) atoms. The Labute approximate surface area is 93.5 Å². The largest absolute Gasteiger partial charge is 0.496 e. The highest BCUT2D eigenvalue weighted by Crippen LogP contribution is 2.26. The first-order valence-electron chi connectivity index (χ1n) is 5.83. The minimum atomic E-state index is 0.662. The molecular weight excluding hydrogens is 184 g/mol. The van der Waals surface area contributed by atoms with Crippen LogP contribution in [0.3, 0.4) is 0 Å². The molecule has 0 aliphatic rings. The van der Waals surface area contributed by atoms with Gasteiger partial charge >= 0.3 is 0 Å². The molecule has 1 heteroatoms. The van der Waals surface area contributed by atoms with E-state index in [-0.39, 0.29) is 0 Å². The van der Waals surface area contributed by atoms with Crippen LogP contribution in [0, 0.1) is 6.92 Å². The maximum absolute atomic E-state index is 5.26. The Balaban J connectivity index is 2.73. The van der Waals surface area contributed by atoms with Crippen molar-refractivity contribution >= 4 is 0 Å². The zero-order valence-corrected chi connectivity index (χ0v) is 10.3. The lowest BCUT2D eigenvalue weighted by Crippen LogP contribution is -1.95. The molecule has 84 valence electrons. The van der Waals surface area contributed by atoms with Gasteiger partial charge in [0.1, 0.15) is 5.75 Å². The molecule has 1 aromatic carbocycles. The van der Waals surface area contributed by atoms with Crippen molar-refractivity contribution in [2.75, 3.05) is 7.11 Å². The van der Waals surface area contributed by atoms with Crippen LogP contribution in [0.5, 0.6) is 5.75 Å². The fourth-order valence-corrected chi connectivity index (χ4v) is 1.89. The van der Waals surface area contributed by atoms with E-state index in [1.54, 1.807) is 7.11 Å². The van der Waals surface area contributed by atoms with Crippen molar-refractivity contribution in [3.05, 3.63) is 29.3 Å². The van der Waals surface area contributed by atoms with Crippen molar-refractivity contribution in [2.45, 2.75) is 46.0 Å². The van der Waals surface area contributed by atoms with E-state index in [4.69, 9.17) is 4.74 Å². The van der Waals surface area contributed by atoms with Gasteiger partial charge in [0, 0.05) is 0 Å². The van der Waals surface area contributed by atoms with Gasteiger partial charge in [-0.1, -0.05) is 38.8 Å². The first-order chi connectivity index (χ1) is 7.19. The highest BCUT2D eigenvalue weighted by atomic mass is 16.5. The molecule has 1 aromatic rings. The summed E-state index contributed by atoms with van der Waals surface area (Å²) in [6, 6.07) is 6.51. The molecule has 0 saturated heterocycles. The predicted octanol–water partition coefficient (Wildman–Crippen LogP) is 4.30. The Morgan fingerprint density at radius 2 is 2.07 bits per heavy atom. The fraction of sp³-hybridized carbons (Fsp3) is 0.571. The molecule has 0 heterocycles. The number of aryl methyl sites for hydroxylation is 1. The average Bonchev–Trinajstić information content (AvgIpc) is 2.25. The summed E-state index contributed by atoms with van der Waals surface area (Å²) in [4.78, 5) is 0. The highest BCUT2D eigenvalue weighted by Gasteiger charge is 2.06. The van der Waals surface area contributed by atoms with Gasteiger partial charge in [-0.05, 0) is 36.5 Å². The molecule has 0 aromatic heterocycles. The third kappa shape index (κ3) is 3.26. The first kappa shape index (κ1) is 12.1. The molecule has 0 radical (unpaired) electrons. The topological polar surface area (TPSA) is 9.23 Å². The van der Waals surface area contributed by atoms with Crippen LogP contribution in [-0.4, -0.2) is 7.11 Å². The fourth-order valence-electron chi connectivity index (χ4n) is 1.89. The summed E-state index contributed by atoms with van der Waals surface area (Å²) in [6.45, 7) is 6.65. The van der Waals surface area contributed by atoms with Gasteiger partial charge in [0.25, 0.3) is 0 Å². The van der Waals surface area contributed by atoms with Gasteiger partial charge in [0.2, 0.25) is 0 Å². The minimum Gasteiger partial charge on any atom is -0.496 e. The third-order valence-corrected chi connectivity index (χ3v) is 2.98. The number of unbranched alkanes of at least 4 members (excludes halogenated alkanes) is 1. The second-order valence-electron chi connectivity index (χ2n) is 4.27. The molecule has 1 nitrogen and oxygen atoms in total. The SMILES string of the molecule is CCCCC(C)c1ccc(OC)c(C)c1. The normalized spacial score (nSPS) is 12.5. The standard InChI is InChI=1S/C14H22O/c1-5-6-7-11(2)13-8-9-14(15-4)12(3)10-13/h8-11H,5-7H2,1-4H3. The van der Waals surface area contributed by atoms with Crippen molar-refractivity contribution in [2.24, 2.45) is 0 Å². The Bertz CT molecular complexity index is 304. The average molecular weight is 206 g/mol. The van der Waals surface area contributed by atoms with Gasteiger partial charge in [-0.3, -0.25) is 0 Å². The van der Waals surface area contributed by atoms with E-state index in [2.05, 4.69) is 39.0 Å². The smallest absolute Gasteiger partial charge is 0.121 e. The predicted molar refractivity (Wildman–Crippen MR) is 65.7 cm³/mol. The van der Waals surface area contributed by atoms with Crippen LogP contribution in [0.25, 0.3) is 0 Å². The van der Waals surface area contributed by atoms with Crippen molar-refractivity contribution in [3.63, 3.8) is 0 Å². The van der Waals surface area contributed by atoms with Crippen LogP contribution in [0.1, 0.15) is 50.2 Å². The molecule has 1 rings (SSSR count). The van der Waals surface area contributed by atoms with E-state index in [1.807, 2.05) is 0 Å². The van der Waals surface area contributed by atoms with Crippen LogP contribution in [0.15, 0.2) is 18.2 Å². The summed E-state index contributed by atoms with van der Waals surface area (Å²) in [5.74, 6) is 1.65. The summed E-state index contributed by atoms with van der Waals surface area (Å²) in [5.41, 5.74) is 2.67. The molecule has 0 bridgehead atoms. The van der Waals surface area contributed by atoms with E-state index < -0.39 is 0 Å². The monoisotopic (exact) mass is 206 g/mol. The summed E-state index contributed by atoms with van der Waals surface area (Å²) in [7, 11) is 1.72. The zero-order valence-electron chi connectivity index (χ0n) is 10.3. The molecule has 0 aliphatic heterocycles. The maximum atomic E-state index is 5.26. The van der Waals surface area contributed by atoms with Crippen LogP contribution >= 0.6 is 0 Å². The molecule has 0 amide bonds. The molecule has 0 saturated carbocycles. The number of hydrogen-bond donors (Lipinski definition) is 0. The second-order valence-corrected chi connectivity index (χ2v) is 4.27. The molecule has 0 N–H and O–H groups in total. The second kappa shape index (κ2) is 5.79. The first-order valence-corrected chi connectivity index (χ1v) is 5.83. The Morgan fingerprint density at radius 1 is 1.33 bits per heavy atom. The van der Waals surface area contributed by atoms with Gasteiger partial charge in [-0.15, -0.1) is 0 Å². The van der Waals surface area contributed by atoms with Crippen LogP contribution < -0.4 is 4.74 Å². The van der Waals surface area contributed by atoms with Crippen LogP contribution in [-0.2, 0) is 0 Å². The van der Waals surface area contributed by atoms with E-state index in [1.165, 1.54) is 30.4 Å². The van der Waals surface area contributed by atoms with Gasteiger partial charge < -0.3 is 4.74 Å². The number of methoxy groups -OCH3 is 1. The number of benzene rings is 1. The van der Waals surface area contributed by atoms with Crippen molar-refractivity contribution in [1.29, 1.82) is 0 Å². The van der Waals surface area contributed by atoms with Gasteiger partial charge in [0.15, 0.2) is 0 Å².